The molecule has 0 heterocycles. The molecule has 0 radical (unpaired) electrons. The van der Waals surface area contributed by atoms with Gasteiger partial charge in [0.05, 0.1) is 34.0 Å². The molecule has 0 amide bonds. The fourth-order valence-electron chi connectivity index (χ4n) is 2.88. The molecule has 0 bridgehead atoms. The number of nitrogens with zero attached hydrogens (tertiary/aromatic N) is 2. The van der Waals surface area contributed by atoms with E-state index in [1.807, 2.05) is 48.5 Å². The Morgan fingerprint density at radius 2 is 1.83 bits per heavy atom. The van der Waals surface area contributed by atoms with Gasteiger partial charge in [-0.05, 0) is 58.5 Å². The number of hydrogen-bond donors (Lipinski definition) is 0. The molecule has 0 unspecified atom stereocenters. The van der Waals surface area contributed by atoms with Crippen molar-refractivity contribution in [3.8, 4) is 23.6 Å². The van der Waals surface area contributed by atoms with E-state index < -0.39 is 0 Å². The summed E-state index contributed by atoms with van der Waals surface area (Å²) in [4.78, 5) is 0. The first kappa shape index (κ1) is 21.7. The summed E-state index contributed by atoms with van der Waals surface area (Å²) < 4.78 is 12.3. The van der Waals surface area contributed by atoms with E-state index in [0.29, 0.717) is 33.2 Å². The van der Waals surface area contributed by atoms with Crippen molar-refractivity contribution in [3.63, 3.8) is 0 Å². The fourth-order valence-corrected chi connectivity index (χ4v) is 3.90. The summed E-state index contributed by atoms with van der Waals surface area (Å²) in [6.45, 7) is 0.244. The van der Waals surface area contributed by atoms with E-state index in [1.54, 1.807) is 25.3 Å². The molecular formula is C24H16ClIN2O2. The van der Waals surface area contributed by atoms with E-state index in [4.69, 9.17) is 21.1 Å². The van der Waals surface area contributed by atoms with Crippen LogP contribution in [0.15, 0.2) is 60.7 Å². The average Bonchev–Trinajstić information content (AvgIpc) is 2.77. The summed E-state index contributed by atoms with van der Waals surface area (Å²) in [6, 6.07) is 22.6. The van der Waals surface area contributed by atoms with Crippen LogP contribution < -0.4 is 9.47 Å². The van der Waals surface area contributed by atoms with Gasteiger partial charge in [0, 0.05) is 16.1 Å². The predicted octanol–water partition coefficient (Wildman–Crippen LogP) is 6.47. The van der Waals surface area contributed by atoms with Crippen LogP contribution in [0.5, 0.6) is 11.5 Å². The van der Waals surface area contributed by atoms with Gasteiger partial charge in [-0.3, -0.25) is 0 Å². The number of ether oxygens (including phenoxy) is 2. The van der Waals surface area contributed by atoms with E-state index in [-0.39, 0.29) is 6.61 Å². The maximum atomic E-state index is 9.61. The lowest BCUT2D eigenvalue weighted by atomic mass is 10.0. The highest BCUT2D eigenvalue weighted by atomic mass is 127. The predicted molar refractivity (Wildman–Crippen MR) is 126 cm³/mol. The monoisotopic (exact) mass is 526 g/mol. The molecule has 0 saturated heterocycles. The van der Waals surface area contributed by atoms with Crippen LogP contribution in [0.3, 0.4) is 0 Å². The maximum Gasteiger partial charge on any atom is 0.174 e. The van der Waals surface area contributed by atoms with Crippen LogP contribution in [-0.2, 0) is 6.61 Å². The Bertz CT molecular complexity index is 1190. The number of benzene rings is 3. The summed E-state index contributed by atoms with van der Waals surface area (Å²) >= 11 is 8.41. The van der Waals surface area contributed by atoms with Gasteiger partial charge in [-0.15, -0.1) is 0 Å². The van der Waals surface area contributed by atoms with E-state index in [2.05, 4.69) is 34.7 Å². The van der Waals surface area contributed by atoms with Crippen molar-refractivity contribution in [2.45, 2.75) is 6.61 Å². The quantitative estimate of drug-likeness (QED) is 0.210. The molecule has 3 aromatic rings. The largest absolute Gasteiger partial charge is 0.493 e. The lowest BCUT2D eigenvalue weighted by Gasteiger charge is -2.14. The second kappa shape index (κ2) is 10.2. The minimum absolute atomic E-state index is 0.244. The van der Waals surface area contributed by atoms with Crippen LogP contribution in [0.2, 0.25) is 5.02 Å². The Kier molecular flexibility index (Phi) is 7.35. The van der Waals surface area contributed by atoms with E-state index >= 15 is 0 Å². The third-order valence-electron chi connectivity index (χ3n) is 4.36. The smallest absolute Gasteiger partial charge is 0.174 e. The first-order chi connectivity index (χ1) is 14.6. The molecule has 30 heavy (non-hydrogen) atoms. The maximum absolute atomic E-state index is 9.61. The van der Waals surface area contributed by atoms with E-state index in [9.17, 15) is 10.5 Å². The number of nitriles is 2. The van der Waals surface area contributed by atoms with Crippen LogP contribution in [-0.4, -0.2) is 7.11 Å². The number of allylic oxidation sites excluding steroid dienone is 1. The second-order valence-electron chi connectivity index (χ2n) is 6.24. The van der Waals surface area contributed by atoms with Crippen molar-refractivity contribution in [2.75, 3.05) is 7.11 Å². The molecule has 0 fully saturated rings. The Morgan fingerprint density at radius 1 is 1.10 bits per heavy atom. The molecule has 0 N–H and O–H groups in total. The van der Waals surface area contributed by atoms with Crippen molar-refractivity contribution >= 4 is 45.8 Å². The normalized spacial score (nSPS) is 10.8. The number of methoxy groups -OCH3 is 1. The van der Waals surface area contributed by atoms with E-state index in [1.165, 1.54) is 0 Å². The first-order valence-electron chi connectivity index (χ1n) is 8.92. The molecule has 148 valence electrons. The van der Waals surface area contributed by atoms with Gasteiger partial charge in [-0.1, -0.05) is 48.0 Å². The van der Waals surface area contributed by atoms with Gasteiger partial charge in [0.15, 0.2) is 11.5 Å². The summed E-state index contributed by atoms with van der Waals surface area (Å²) in [6.07, 6.45) is 1.76. The van der Waals surface area contributed by atoms with Crippen LogP contribution in [0.25, 0.3) is 11.6 Å². The molecule has 0 aliphatic carbocycles. The van der Waals surface area contributed by atoms with E-state index in [0.717, 1.165) is 14.7 Å². The SMILES string of the molecule is COc1cc(C=C(C#N)c2ccccc2Cl)cc(I)c1OCc1ccccc1C#N. The zero-order valence-corrected chi connectivity index (χ0v) is 18.9. The standard InChI is InChI=1S/C24H16ClIN2O2/c1-29-23-12-16(10-19(14-28)20-8-4-5-9-21(20)25)11-22(26)24(23)30-15-18-7-3-2-6-17(18)13-27/h2-12H,15H2,1H3. The Labute approximate surface area is 194 Å². The van der Waals surface area contributed by atoms with Crippen LogP contribution in [0.1, 0.15) is 22.3 Å². The molecule has 0 spiro atoms. The lowest BCUT2D eigenvalue weighted by Crippen LogP contribution is -2.02. The van der Waals surface area contributed by atoms with Gasteiger partial charge in [-0.2, -0.15) is 10.5 Å². The highest BCUT2D eigenvalue weighted by Gasteiger charge is 2.14. The van der Waals surface area contributed by atoms with Gasteiger partial charge >= 0.3 is 0 Å². The molecule has 4 nitrogen and oxygen atoms in total. The Hall–Kier alpha value is -3.00. The average molecular weight is 527 g/mol. The van der Waals surface area contributed by atoms with Gasteiger partial charge in [0.2, 0.25) is 0 Å². The highest BCUT2D eigenvalue weighted by Crippen LogP contribution is 2.36. The molecule has 3 aromatic carbocycles. The number of rotatable bonds is 6. The first-order valence-corrected chi connectivity index (χ1v) is 10.4. The summed E-state index contributed by atoms with van der Waals surface area (Å²) in [5.41, 5.74) is 3.29. The molecular weight excluding hydrogens is 511 g/mol. The van der Waals surface area contributed by atoms with Crippen LogP contribution >= 0.6 is 34.2 Å². The molecule has 0 atom stereocenters. The van der Waals surface area contributed by atoms with Gasteiger partial charge in [0.25, 0.3) is 0 Å². The Morgan fingerprint density at radius 3 is 2.53 bits per heavy atom. The van der Waals surface area contributed by atoms with Gasteiger partial charge in [-0.25, -0.2) is 0 Å². The third kappa shape index (κ3) is 4.94. The van der Waals surface area contributed by atoms with Crippen molar-refractivity contribution in [3.05, 3.63) is 91.5 Å². The third-order valence-corrected chi connectivity index (χ3v) is 5.49. The van der Waals surface area contributed by atoms with Crippen molar-refractivity contribution < 1.29 is 9.47 Å². The van der Waals surface area contributed by atoms with Crippen molar-refractivity contribution in [1.29, 1.82) is 10.5 Å². The van der Waals surface area contributed by atoms with Gasteiger partial charge < -0.3 is 9.47 Å². The van der Waals surface area contributed by atoms with Crippen LogP contribution in [0, 0.1) is 26.2 Å². The van der Waals surface area contributed by atoms with Crippen molar-refractivity contribution in [2.24, 2.45) is 0 Å². The van der Waals surface area contributed by atoms with Crippen LogP contribution in [0.4, 0.5) is 0 Å². The number of halogens is 2. The molecule has 0 saturated carbocycles. The molecule has 0 aliphatic rings. The molecule has 6 heteroatoms. The van der Waals surface area contributed by atoms with Gasteiger partial charge in [0.1, 0.15) is 6.61 Å². The molecule has 0 aliphatic heterocycles. The highest BCUT2D eigenvalue weighted by molar-refractivity contribution is 14.1. The zero-order valence-electron chi connectivity index (χ0n) is 16.0. The molecule has 3 rings (SSSR count). The summed E-state index contributed by atoms with van der Waals surface area (Å²) in [5, 5.41) is 19.4. The van der Waals surface area contributed by atoms with Crippen molar-refractivity contribution in [1.82, 2.24) is 0 Å². The minimum atomic E-state index is 0.244. The fraction of sp³-hybridized carbons (Fsp3) is 0.0833. The minimum Gasteiger partial charge on any atom is -0.493 e. The topological polar surface area (TPSA) is 66.0 Å². The zero-order chi connectivity index (χ0) is 21.5. The summed E-state index contributed by atoms with van der Waals surface area (Å²) in [7, 11) is 1.56. The Balaban J connectivity index is 1.93. The number of hydrogen-bond acceptors (Lipinski definition) is 4. The second-order valence-corrected chi connectivity index (χ2v) is 7.81. The lowest BCUT2D eigenvalue weighted by molar-refractivity contribution is 0.282. The molecule has 0 aromatic heterocycles. The summed E-state index contributed by atoms with van der Waals surface area (Å²) in [5.74, 6) is 1.12.